The van der Waals surface area contributed by atoms with Crippen LogP contribution in [0.2, 0.25) is 0 Å². The van der Waals surface area contributed by atoms with Gasteiger partial charge >= 0.3 is 0 Å². The summed E-state index contributed by atoms with van der Waals surface area (Å²) in [6.07, 6.45) is 0. The van der Waals surface area contributed by atoms with Crippen LogP contribution in [0.15, 0.2) is 40.2 Å². The fourth-order valence-corrected chi connectivity index (χ4v) is 3.36. The largest absolute Gasteiger partial charge is 0.321 e. The van der Waals surface area contributed by atoms with Crippen LogP contribution in [0, 0.1) is 0 Å². The molecule has 98 valence electrons. The van der Waals surface area contributed by atoms with Gasteiger partial charge in [-0.2, -0.15) is 0 Å². The van der Waals surface area contributed by atoms with Crippen LogP contribution in [0.5, 0.6) is 0 Å². The van der Waals surface area contributed by atoms with Crippen molar-refractivity contribution in [3.8, 4) is 0 Å². The predicted molar refractivity (Wildman–Crippen MR) is 85.1 cm³/mol. The Morgan fingerprint density at radius 1 is 1.42 bits per heavy atom. The highest BCUT2D eigenvalue weighted by atomic mass is 79.9. The molecule has 0 aliphatic heterocycles. The minimum absolute atomic E-state index is 0.105. The summed E-state index contributed by atoms with van der Waals surface area (Å²) in [7, 11) is 0. The first-order chi connectivity index (χ1) is 9.15. The predicted octanol–water partition coefficient (Wildman–Crippen LogP) is 5.21. The summed E-state index contributed by atoms with van der Waals surface area (Å²) in [4.78, 5) is 5.97. The number of thiophene rings is 1. The number of alkyl halides is 1. The molecule has 0 radical (unpaired) electrons. The van der Waals surface area contributed by atoms with Gasteiger partial charge < -0.3 is 4.57 Å². The molecule has 19 heavy (non-hydrogen) atoms. The molecule has 3 aromatic rings. The van der Waals surface area contributed by atoms with Crippen LogP contribution in [0.25, 0.3) is 11.0 Å². The topological polar surface area (TPSA) is 17.8 Å². The second-order valence-electron chi connectivity index (χ2n) is 4.38. The smallest absolute Gasteiger partial charge is 0.128 e. The molecular weight excluding hydrogens is 344 g/mol. The molecule has 0 bridgehead atoms. The number of hydrogen-bond acceptors (Lipinski definition) is 2. The summed E-state index contributed by atoms with van der Waals surface area (Å²) >= 11 is 11.5. The van der Waals surface area contributed by atoms with Crippen molar-refractivity contribution in [2.45, 2.75) is 18.8 Å². The van der Waals surface area contributed by atoms with Crippen LogP contribution in [-0.2, 0) is 6.54 Å². The van der Waals surface area contributed by atoms with Gasteiger partial charge in [0.2, 0.25) is 0 Å². The maximum Gasteiger partial charge on any atom is 0.128 e. The van der Waals surface area contributed by atoms with Crippen LogP contribution in [0.4, 0.5) is 0 Å². The van der Waals surface area contributed by atoms with E-state index in [1.807, 2.05) is 19.1 Å². The molecule has 0 amide bonds. The summed E-state index contributed by atoms with van der Waals surface area (Å²) in [5.74, 6) is 0.920. The summed E-state index contributed by atoms with van der Waals surface area (Å²) in [6, 6.07) is 10.4. The van der Waals surface area contributed by atoms with Gasteiger partial charge in [-0.1, -0.05) is 22.0 Å². The van der Waals surface area contributed by atoms with Gasteiger partial charge in [0.25, 0.3) is 0 Å². The molecule has 3 rings (SSSR count). The van der Waals surface area contributed by atoms with Crippen molar-refractivity contribution >= 4 is 49.9 Å². The number of fused-ring (bicyclic) bond motifs is 1. The molecule has 0 spiro atoms. The van der Waals surface area contributed by atoms with Gasteiger partial charge in [0.05, 0.1) is 23.0 Å². The van der Waals surface area contributed by atoms with E-state index in [-0.39, 0.29) is 5.38 Å². The first-order valence-electron chi connectivity index (χ1n) is 5.97. The third-order valence-corrected chi connectivity index (χ3v) is 4.54. The van der Waals surface area contributed by atoms with E-state index in [2.05, 4.69) is 49.1 Å². The van der Waals surface area contributed by atoms with Crippen LogP contribution in [-0.4, -0.2) is 9.55 Å². The van der Waals surface area contributed by atoms with Gasteiger partial charge in [-0.05, 0) is 36.6 Å². The first kappa shape index (κ1) is 13.2. The Morgan fingerprint density at radius 2 is 2.26 bits per heavy atom. The van der Waals surface area contributed by atoms with E-state index in [0.717, 1.165) is 27.9 Å². The van der Waals surface area contributed by atoms with E-state index in [0.29, 0.717) is 0 Å². The second kappa shape index (κ2) is 5.27. The third-order valence-electron chi connectivity index (χ3n) is 2.99. The Bertz CT molecular complexity index is 704. The van der Waals surface area contributed by atoms with Gasteiger partial charge in [-0.25, -0.2) is 4.98 Å². The molecule has 2 heterocycles. The number of nitrogens with zero attached hydrogens (tertiary/aromatic N) is 2. The molecule has 0 saturated carbocycles. The van der Waals surface area contributed by atoms with Gasteiger partial charge in [0, 0.05) is 9.35 Å². The van der Waals surface area contributed by atoms with Crippen molar-refractivity contribution in [3.05, 3.63) is 50.9 Å². The van der Waals surface area contributed by atoms with Crippen molar-refractivity contribution in [2.75, 3.05) is 0 Å². The SMILES string of the molecule is CC(Cl)c1nc2cc(Br)ccc2n1Cc1cccs1. The van der Waals surface area contributed by atoms with E-state index < -0.39 is 0 Å². The number of benzene rings is 1. The van der Waals surface area contributed by atoms with E-state index in [1.54, 1.807) is 11.3 Å². The monoisotopic (exact) mass is 354 g/mol. The molecule has 1 unspecified atom stereocenters. The number of rotatable bonds is 3. The Labute approximate surface area is 129 Å². The zero-order valence-corrected chi connectivity index (χ0v) is 13.5. The Hall–Kier alpha value is -0.840. The molecule has 2 aromatic heterocycles. The lowest BCUT2D eigenvalue weighted by molar-refractivity contribution is 0.750. The molecule has 0 aliphatic carbocycles. The maximum absolute atomic E-state index is 6.27. The van der Waals surface area contributed by atoms with Crippen molar-refractivity contribution in [2.24, 2.45) is 0 Å². The fourth-order valence-electron chi connectivity index (χ4n) is 2.15. The lowest BCUT2D eigenvalue weighted by Crippen LogP contribution is -2.04. The average molecular weight is 356 g/mol. The minimum Gasteiger partial charge on any atom is -0.321 e. The quantitative estimate of drug-likeness (QED) is 0.590. The summed E-state index contributed by atoms with van der Waals surface area (Å²) in [5.41, 5.74) is 2.10. The Morgan fingerprint density at radius 3 is 2.95 bits per heavy atom. The van der Waals surface area contributed by atoms with Gasteiger partial charge in [-0.15, -0.1) is 22.9 Å². The summed E-state index contributed by atoms with van der Waals surface area (Å²) in [5, 5.41) is 1.99. The lowest BCUT2D eigenvalue weighted by Gasteiger charge is -2.09. The van der Waals surface area contributed by atoms with Gasteiger partial charge in [0.15, 0.2) is 0 Å². The van der Waals surface area contributed by atoms with Crippen molar-refractivity contribution in [3.63, 3.8) is 0 Å². The van der Waals surface area contributed by atoms with Crippen molar-refractivity contribution < 1.29 is 0 Å². The highest BCUT2D eigenvalue weighted by Gasteiger charge is 2.15. The zero-order valence-electron chi connectivity index (χ0n) is 10.3. The normalized spacial score (nSPS) is 13.0. The molecule has 1 aromatic carbocycles. The van der Waals surface area contributed by atoms with Gasteiger partial charge in [0.1, 0.15) is 5.82 Å². The third kappa shape index (κ3) is 2.57. The van der Waals surface area contributed by atoms with Crippen LogP contribution < -0.4 is 0 Å². The van der Waals surface area contributed by atoms with Crippen LogP contribution >= 0.6 is 38.9 Å². The Kier molecular flexibility index (Phi) is 3.65. The number of hydrogen-bond donors (Lipinski definition) is 0. The molecule has 0 fully saturated rings. The summed E-state index contributed by atoms with van der Waals surface area (Å²) in [6.45, 7) is 2.78. The molecule has 0 aliphatic rings. The highest BCUT2D eigenvalue weighted by molar-refractivity contribution is 9.10. The van der Waals surface area contributed by atoms with Gasteiger partial charge in [-0.3, -0.25) is 0 Å². The second-order valence-corrected chi connectivity index (χ2v) is 6.99. The zero-order chi connectivity index (χ0) is 13.4. The van der Waals surface area contributed by atoms with Crippen molar-refractivity contribution in [1.29, 1.82) is 0 Å². The maximum atomic E-state index is 6.27. The fraction of sp³-hybridized carbons (Fsp3) is 0.214. The molecule has 0 N–H and O–H groups in total. The number of aromatic nitrogens is 2. The molecule has 0 saturated heterocycles. The molecular formula is C14H12BrClN2S. The number of halogens is 2. The first-order valence-corrected chi connectivity index (χ1v) is 8.08. The summed E-state index contributed by atoms with van der Waals surface area (Å²) < 4.78 is 3.24. The van der Waals surface area contributed by atoms with Crippen molar-refractivity contribution in [1.82, 2.24) is 9.55 Å². The standard InChI is InChI=1S/C14H12BrClN2S/c1-9(16)14-17-12-7-10(15)4-5-13(12)18(14)8-11-3-2-6-19-11/h2-7,9H,8H2,1H3. The lowest BCUT2D eigenvalue weighted by atomic mass is 10.3. The minimum atomic E-state index is -0.105. The molecule has 1 atom stereocenters. The molecule has 5 heteroatoms. The highest BCUT2D eigenvalue weighted by Crippen LogP contribution is 2.28. The van der Waals surface area contributed by atoms with Crippen LogP contribution in [0.3, 0.4) is 0 Å². The van der Waals surface area contributed by atoms with E-state index >= 15 is 0 Å². The number of imidazole rings is 1. The van der Waals surface area contributed by atoms with E-state index in [1.165, 1.54) is 4.88 Å². The average Bonchev–Trinajstić information content (AvgIpc) is 2.97. The van der Waals surface area contributed by atoms with E-state index in [4.69, 9.17) is 11.6 Å². The molecule has 2 nitrogen and oxygen atoms in total. The van der Waals surface area contributed by atoms with Crippen LogP contribution in [0.1, 0.15) is 23.0 Å². The van der Waals surface area contributed by atoms with E-state index in [9.17, 15) is 0 Å². The Balaban J connectivity index is 2.16.